The Balaban J connectivity index is 1.67. The van der Waals surface area contributed by atoms with Crippen LogP contribution < -0.4 is 10.6 Å². The molecule has 4 rings (SSSR count). The summed E-state index contributed by atoms with van der Waals surface area (Å²) in [5.74, 6) is -0.473. The number of anilines is 2. The monoisotopic (exact) mass is 439 g/mol. The zero-order chi connectivity index (χ0) is 21.1. The summed E-state index contributed by atoms with van der Waals surface area (Å²) in [5, 5.41) is 18.0. The van der Waals surface area contributed by atoms with Crippen molar-refractivity contribution in [3.05, 3.63) is 82.4 Å². The van der Waals surface area contributed by atoms with Crippen LogP contribution in [0.15, 0.2) is 61.1 Å². The second-order valence-corrected chi connectivity index (χ2v) is 7.25. The van der Waals surface area contributed by atoms with E-state index < -0.39 is 5.91 Å². The van der Waals surface area contributed by atoms with Crippen LogP contribution in [-0.4, -0.2) is 26.0 Å². The van der Waals surface area contributed by atoms with E-state index in [-0.39, 0.29) is 23.5 Å². The summed E-state index contributed by atoms with van der Waals surface area (Å²) in [6, 6.07) is 12.0. The topological polar surface area (TPSA) is 100 Å². The van der Waals surface area contributed by atoms with Crippen molar-refractivity contribution in [2.45, 2.75) is 6.54 Å². The molecule has 0 spiro atoms. The van der Waals surface area contributed by atoms with E-state index >= 15 is 0 Å². The normalized spacial score (nSPS) is 10.7. The molecule has 3 aromatic heterocycles. The number of nitrogens with one attached hydrogen (secondary N) is 2. The van der Waals surface area contributed by atoms with Crippen molar-refractivity contribution >= 4 is 51.5 Å². The highest BCUT2D eigenvalue weighted by molar-refractivity contribution is 6.34. The predicted molar refractivity (Wildman–Crippen MR) is 116 cm³/mol. The summed E-state index contributed by atoms with van der Waals surface area (Å²) >= 11 is 12.0. The van der Waals surface area contributed by atoms with Gasteiger partial charge in [-0.2, -0.15) is 0 Å². The maximum absolute atomic E-state index is 12.8. The first-order valence-electron chi connectivity index (χ1n) is 8.89. The number of pyridine rings is 3. The van der Waals surface area contributed by atoms with E-state index in [9.17, 15) is 9.90 Å². The van der Waals surface area contributed by atoms with Gasteiger partial charge < -0.3 is 15.7 Å². The van der Waals surface area contributed by atoms with E-state index in [2.05, 4.69) is 25.6 Å². The Labute approximate surface area is 181 Å². The molecule has 0 aliphatic rings. The lowest BCUT2D eigenvalue weighted by Crippen LogP contribution is -2.24. The zero-order valence-electron chi connectivity index (χ0n) is 15.4. The Hall–Kier alpha value is -3.42. The largest absolute Gasteiger partial charge is 0.504 e. The number of hydrogen-bond donors (Lipinski definition) is 3. The first-order chi connectivity index (χ1) is 14.5. The lowest BCUT2D eigenvalue weighted by atomic mass is 10.1. The predicted octanol–water partition coefficient (Wildman–Crippen LogP) is 4.71. The van der Waals surface area contributed by atoms with Gasteiger partial charge in [0.2, 0.25) is 0 Å². The second kappa shape index (κ2) is 8.52. The fourth-order valence-corrected chi connectivity index (χ4v) is 3.50. The van der Waals surface area contributed by atoms with Crippen LogP contribution >= 0.6 is 23.2 Å². The molecule has 0 saturated heterocycles. The molecule has 4 aromatic rings. The van der Waals surface area contributed by atoms with Crippen molar-refractivity contribution in [3.63, 3.8) is 0 Å². The fourth-order valence-electron chi connectivity index (χ4n) is 2.93. The van der Waals surface area contributed by atoms with Gasteiger partial charge in [-0.15, -0.1) is 0 Å². The van der Waals surface area contributed by atoms with Gasteiger partial charge in [-0.25, -0.2) is 4.98 Å². The van der Waals surface area contributed by atoms with Crippen LogP contribution in [0.25, 0.3) is 10.9 Å². The molecular formula is C21H15Cl2N5O2. The molecule has 0 aliphatic carbocycles. The first-order valence-corrected chi connectivity index (χ1v) is 9.65. The van der Waals surface area contributed by atoms with Crippen LogP contribution in [0.1, 0.15) is 16.1 Å². The summed E-state index contributed by atoms with van der Waals surface area (Å²) in [6.45, 7) is 0.160. The molecule has 0 radical (unpaired) electrons. The zero-order valence-corrected chi connectivity index (χ0v) is 16.9. The van der Waals surface area contributed by atoms with Crippen molar-refractivity contribution in [1.82, 2.24) is 20.3 Å². The average Bonchev–Trinajstić information content (AvgIpc) is 2.74. The third-order valence-corrected chi connectivity index (χ3v) is 4.71. The van der Waals surface area contributed by atoms with E-state index in [1.807, 2.05) is 0 Å². The van der Waals surface area contributed by atoms with Gasteiger partial charge in [0.1, 0.15) is 11.3 Å². The molecule has 1 aromatic carbocycles. The maximum Gasteiger partial charge on any atom is 0.274 e. The van der Waals surface area contributed by atoms with Crippen LogP contribution in [0.2, 0.25) is 10.0 Å². The van der Waals surface area contributed by atoms with Gasteiger partial charge in [0.25, 0.3) is 5.91 Å². The van der Waals surface area contributed by atoms with Crippen molar-refractivity contribution < 1.29 is 9.90 Å². The van der Waals surface area contributed by atoms with E-state index in [0.717, 1.165) is 11.3 Å². The van der Waals surface area contributed by atoms with Crippen molar-refractivity contribution in [2.75, 3.05) is 5.32 Å². The minimum atomic E-state index is -0.561. The number of hydrogen-bond acceptors (Lipinski definition) is 6. The minimum absolute atomic E-state index is 0.147. The number of halogens is 2. The van der Waals surface area contributed by atoms with Gasteiger partial charge in [-0.05, 0) is 48.0 Å². The number of rotatable bonds is 5. The van der Waals surface area contributed by atoms with Crippen molar-refractivity contribution in [1.29, 1.82) is 0 Å². The Morgan fingerprint density at radius 3 is 2.50 bits per heavy atom. The molecule has 3 N–H and O–H groups in total. The fraction of sp³-hybridized carbons (Fsp3) is 0.0476. The first kappa shape index (κ1) is 19.9. The third kappa shape index (κ3) is 4.27. The van der Waals surface area contributed by atoms with Crippen LogP contribution in [0, 0.1) is 0 Å². The van der Waals surface area contributed by atoms with E-state index in [1.165, 1.54) is 6.20 Å². The number of aromatic nitrogens is 3. The number of fused-ring (bicyclic) bond motifs is 1. The third-order valence-electron chi connectivity index (χ3n) is 4.27. The number of amides is 1. The Bertz CT molecular complexity index is 1210. The summed E-state index contributed by atoms with van der Waals surface area (Å²) in [7, 11) is 0. The molecule has 0 unspecified atom stereocenters. The lowest BCUT2D eigenvalue weighted by molar-refractivity contribution is 0.0943. The van der Waals surface area contributed by atoms with Crippen LogP contribution in [0.4, 0.5) is 11.5 Å². The van der Waals surface area contributed by atoms with E-state index in [4.69, 9.17) is 23.2 Å². The molecule has 0 fully saturated rings. The molecule has 7 nitrogen and oxygen atoms in total. The highest BCUT2D eigenvalue weighted by atomic mass is 35.5. The summed E-state index contributed by atoms with van der Waals surface area (Å²) in [6.07, 6.45) is 4.80. The SMILES string of the molecule is O=C(NCc1cc(Cl)cc(Cl)c1)c1nc(Nc2ccncc2)c2cccnc2c1O. The second-order valence-electron chi connectivity index (χ2n) is 6.38. The number of aromatic hydroxyl groups is 1. The summed E-state index contributed by atoms with van der Waals surface area (Å²) in [4.78, 5) is 25.3. The van der Waals surface area contributed by atoms with E-state index in [1.54, 1.807) is 54.9 Å². The molecule has 30 heavy (non-hydrogen) atoms. The van der Waals surface area contributed by atoms with Crippen LogP contribution in [0.5, 0.6) is 5.75 Å². The number of benzene rings is 1. The molecule has 0 saturated carbocycles. The molecule has 1 amide bonds. The van der Waals surface area contributed by atoms with Crippen molar-refractivity contribution in [2.24, 2.45) is 0 Å². The smallest absolute Gasteiger partial charge is 0.274 e. The highest BCUT2D eigenvalue weighted by Gasteiger charge is 2.20. The summed E-state index contributed by atoms with van der Waals surface area (Å²) in [5.41, 5.74) is 1.56. The standard InChI is InChI=1S/C21H15Cl2N5O2/c22-13-8-12(9-14(23)10-13)11-26-21(30)18-19(29)17-16(2-1-5-25-17)20(28-18)27-15-3-6-24-7-4-15/h1-10,29H,11H2,(H,26,30)(H,24,27,28). The summed E-state index contributed by atoms with van der Waals surface area (Å²) < 4.78 is 0. The highest BCUT2D eigenvalue weighted by Crippen LogP contribution is 2.32. The Morgan fingerprint density at radius 1 is 1.03 bits per heavy atom. The molecule has 150 valence electrons. The van der Waals surface area contributed by atoms with Gasteiger partial charge in [0.05, 0.1) is 0 Å². The van der Waals surface area contributed by atoms with E-state index in [0.29, 0.717) is 21.2 Å². The molecule has 0 atom stereocenters. The molecule has 3 heterocycles. The number of carbonyl (C=O) groups is 1. The molecule has 0 aliphatic heterocycles. The minimum Gasteiger partial charge on any atom is -0.504 e. The van der Waals surface area contributed by atoms with Crippen LogP contribution in [0.3, 0.4) is 0 Å². The molecular weight excluding hydrogens is 425 g/mol. The maximum atomic E-state index is 12.8. The Morgan fingerprint density at radius 2 is 1.77 bits per heavy atom. The number of nitrogens with zero attached hydrogens (tertiary/aromatic N) is 3. The van der Waals surface area contributed by atoms with Crippen molar-refractivity contribution in [3.8, 4) is 5.75 Å². The molecule has 0 bridgehead atoms. The van der Waals surface area contributed by atoms with Gasteiger partial charge >= 0.3 is 0 Å². The number of carbonyl (C=O) groups excluding carboxylic acids is 1. The van der Waals surface area contributed by atoms with Gasteiger partial charge in [-0.1, -0.05) is 23.2 Å². The quantitative estimate of drug-likeness (QED) is 0.416. The average molecular weight is 440 g/mol. The van der Waals surface area contributed by atoms with Gasteiger partial charge in [-0.3, -0.25) is 14.8 Å². The molecule has 9 heteroatoms. The van der Waals surface area contributed by atoms with Gasteiger partial charge in [0, 0.05) is 46.3 Å². The van der Waals surface area contributed by atoms with Crippen LogP contribution in [-0.2, 0) is 6.54 Å². The van der Waals surface area contributed by atoms with Gasteiger partial charge in [0.15, 0.2) is 11.4 Å². The Kier molecular flexibility index (Phi) is 5.65. The lowest BCUT2D eigenvalue weighted by Gasteiger charge is -2.13.